The van der Waals surface area contributed by atoms with Crippen LogP contribution in [0.25, 0.3) is 0 Å². The van der Waals surface area contributed by atoms with Crippen LogP contribution in [0.5, 0.6) is 0 Å². The minimum Gasteiger partial charge on any atom is -0.550 e. The van der Waals surface area contributed by atoms with Crippen LogP contribution in [-0.4, -0.2) is 11.9 Å². The van der Waals surface area contributed by atoms with Crippen LogP contribution in [0.1, 0.15) is 79.1 Å². The average Bonchev–Trinajstić information content (AvgIpc) is 2.40. The fraction of sp³-hybridized carbons (Fsp3) is 0.875. The van der Waals surface area contributed by atoms with Gasteiger partial charge in [-0.05, 0) is 37.5 Å². The smallest absolute Gasteiger partial charge is 0.550 e. The third kappa shape index (κ3) is 15.6. The van der Waals surface area contributed by atoms with Crippen molar-refractivity contribution in [3.8, 4) is 0 Å². The van der Waals surface area contributed by atoms with Gasteiger partial charge >= 0.3 is 16.5 Å². The van der Waals surface area contributed by atoms with Crippen LogP contribution in [0.3, 0.4) is 0 Å². The second kappa shape index (κ2) is 17.5. The Morgan fingerprint density at radius 3 is 1.19 bits per heavy atom. The molecule has 0 radical (unpaired) electrons. The van der Waals surface area contributed by atoms with E-state index in [1.165, 1.54) is 0 Å². The van der Waals surface area contributed by atoms with Crippen LogP contribution in [-0.2, 0) is 26.1 Å². The van der Waals surface area contributed by atoms with E-state index < -0.39 is 11.9 Å². The first-order valence-electron chi connectivity index (χ1n) is 7.86. The molecule has 0 fully saturated rings. The molecule has 0 spiro atoms. The molecular weight excluding hydrogens is 315 g/mol. The molecule has 2 atom stereocenters. The van der Waals surface area contributed by atoms with Crippen LogP contribution in [0.15, 0.2) is 0 Å². The average molecular weight is 345 g/mol. The second-order valence-corrected chi connectivity index (χ2v) is 5.13. The predicted octanol–water partition coefficient (Wildman–Crippen LogP) is 1.90. The Morgan fingerprint density at radius 1 is 0.762 bits per heavy atom. The van der Waals surface area contributed by atoms with Gasteiger partial charge in [0.25, 0.3) is 0 Å². The minimum atomic E-state index is -0.893. The molecule has 2 unspecified atom stereocenters. The monoisotopic (exact) mass is 344 g/mol. The Kier molecular flexibility index (Phi) is 21.1. The molecule has 0 aliphatic rings. The molecule has 0 aromatic heterocycles. The number of carbonyl (C=O) groups is 2. The van der Waals surface area contributed by atoms with Gasteiger partial charge in [-0.3, -0.25) is 0 Å². The summed E-state index contributed by atoms with van der Waals surface area (Å²) in [5.41, 5.74) is 0. The molecule has 0 saturated carbocycles. The van der Waals surface area contributed by atoms with E-state index in [0.29, 0.717) is 12.8 Å². The van der Waals surface area contributed by atoms with Gasteiger partial charge in [0.1, 0.15) is 0 Å². The quantitative estimate of drug-likeness (QED) is 0.567. The van der Waals surface area contributed by atoms with Crippen LogP contribution < -0.4 is 10.2 Å². The molecule has 0 rings (SSSR count). The van der Waals surface area contributed by atoms with E-state index in [9.17, 15) is 19.8 Å². The van der Waals surface area contributed by atoms with Gasteiger partial charge in [0.15, 0.2) is 0 Å². The van der Waals surface area contributed by atoms with E-state index in [2.05, 4.69) is 13.8 Å². The fourth-order valence-corrected chi connectivity index (χ4v) is 1.88. The number of carboxylic acid groups (broad SMARTS) is 2. The zero-order valence-corrected chi connectivity index (χ0v) is 14.7. The van der Waals surface area contributed by atoms with Gasteiger partial charge in [-0.25, -0.2) is 0 Å². The van der Waals surface area contributed by atoms with Crippen molar-refractivity contribution in [2.75, 3.05) is 0 Å². The molecule has 0 N–H and O–H groups in total. The Bertz CT molecular complexity index is 231. The molecule has 0 heterocycles. The van der Waals surface area contributed by atoms with Crippen molar-refractivity contribution in [2.45, 2.75) is 79.1 Å². The zero-order valence-electron chi connectivity index (χ0n) is 13.8. The summed E-state index contributed by atoms with van der Waals surface area (Å²) in [5.74, 6) is -2.23. The second-order valence-electron chi connectivity index (χ2n) is 5.13. The summed E-state index contributed by atoms with van der Waals surface area (Å²) in [4.78, 5) is 20.7. The maximum absolute atomic E-state index is 10.3. The molecule has 0 saturated heterocycles. The molecule has 5 heteroatoms. The topological polar surface area (TPSA) is 80.3 Å². The summed E-state index contributed by atoms with van der Waals surface area (Å²) >= 11 is 0. The molecule has 0 aliphatic carbocycles. The normalized spacial score (nSPS) is 12.4. The van der Waals surface area contributed by atoms with Crippen LogP contribution in [0.4, 0.5) is 0 Å². The molecule has 128 valence electrons. The van der Waals surface area contributed by atoms with Crippen molar-refractivity contribution in [2.24, 2.45) is 11.8 Å². The van der Waals surface area contributed by atoms with Gasteiger partial charge in [0, 0.05) is 11.9 Å². The maximum atomic E-state index is 10.3. The molecule has 21 heavy (non-hydrogen) atoms. The van der Waals surface area contributed by atoms with Crippen LogP contribution >= 0.6 is 0 Å². The summed E-state index contributed by atoms with van der Waals surface area (Å²) < 4.78 is 0. The molecule has 4 nitrogen and oxygen atoms in total. The fourth-order valence-electron chi connectivity index (χ4n) is 1.88. The molecule has 0 aliphatic heterocycles. The van der Waals surface area contributed by atoms with Crippen molar-refractivity contribution < 1.29 is 36.3 Å². The number of carbonyl (C=O) groups excluding carboxylic acids is 2. The number of aliphatic carboxylic acids is 2. The number of hydrogen-bond acceptors (Lipinski definition) is 4. The largest absolute Gasteiger partial charge is 2.00 e. The molecule has 0 aromatic carbocycles. The molecule has 0 aromatic rings. The number of unbranched alkanes of at least 4 members (excludes halogenated alkanes) is 2. The Labute approximate surface area is 139 Å². The summed E-state index contributed by atoms with van der Waals surface area (Å²) in [5, 5.41) is 20.7. The van der Waals surface area contributed by atoms with Gasteiger partial charge in [0.05, 0.1) is 0 Å². The first kappa shape index (κ1) is 25.4. The van der Waals surface area contributed by atoms with E-state index in [-0.39, 0.29) is 28.3 Å². The van der Waals surface area contributed by atoms with Gasteiger partial charge in [0.2, 0.25) is 0 Å². The number of carboxylic acids is 2. The first-order valence-corrected chi connectivity index (χ1v) is 7.86. The van der Waals surface area contributed by atoms with Crippen molar-refractivity contribution in [1.29, 1.82) is 0 Å². The number of rotatable bonds is 10. The van der Waals surface area contributed by atoms with Gasteiger partial charge in [-0.15, -0.1) is 0 Å². The van der Waals surface area contributed by atoms with E-state index in [1.807, 2.05) is 13.8 Å². The Hall–Kier alpha value is -0.566. The van der Waals surface area contributed by atoms with Crippen LogP contribution in [0, 0.1) is 11.8 Å². The van der Waals surface area contributed by atoms with Crippen LogP contribution in [0.2, 0.25) is 0 Å². The zero-order chi connectivity index (χ0) is 16.0. The number of hydrogen-bond donors (Lipinski definition) is 0. The van der Waals surface area contributed by atoms with E-state index >= 15 is 0 Å². The molecular formula is C16H30NiO4. The minimum absolute atomic E-state index is 0. The summed E-state index contributed by atoms with van der Waals surface area (Å²) in [6, 6.07) is 0. The first-order chi connectivity index (χ1) is 9.44. The Morgan fingerprint density at radius 2 is 1.05 bits per heavy atom. The van der Waals surface area contributed by atoms with Gasteiger partial charge in [-0.1, -0.05) is 53.4 Å². The molecule has 0 bridgehead atoms. The third-order valence-corrected chi connectivity index (χ3v) is 3.46. The van der Waals surface area contributed by atoms with Crippen molar-refractivity contribution >= 4 is 11.9 Å². The van der Waals surface area contributed by atoms with E-state index in [1.54, 1.807) is 0 Å². The standard InChI is InChI=1S/2C8H16O2.Ni/c2*1-3-5-6-7(4-2)8(9)10;/h2*7H,3-6H2,1-2H3,(H,9,10);/q;;+2/p-2. The summed E-state index contributed by atoms with van der Waals surface area (Å²) in [7, 11) is 0. The van der Waals surface area contributed by atoms with Crippen molar-refractivity contribution in [3.05, 3.63) is 0 Å². The molecule has 0 amide bonds. The Balaban J connectivity index is -0.000000295. The van der Waals surface area contributed by atoms with Gasteiger partial charge in [-0.2, -0.15) is 0 Å². The summed E-state index contributed by atoms with van der Waals surface area (Å²) in [6.07, 6.45) is 7.04. The van der Waals surface area contributed by atoms with Crippen molar-refractivity contribution in [3.63, 3.8) is 0 Å². The third-order valence-electron chi connectivity index (χ3n) is 3.46. The summed E-state index contributed by atoms with van der Waals surface area (Å²) in [6.45, 7) is 7.89. The van der Waals surface area contributed by atoms with E-state index in [4.69, 9.17) is 0 Å². The SMILES string of the molecule is CCCCC(CC)C(=O)[O-].CCCCC(CC)C(=O)[O-].[Ni+2]. The van der Waals surface area contributed by atoms with E-state index in [0.717, 1.165) is 38.5 Å². The maximum Gasteiger partial charge on any atom is 2.00 e. The van der Waals surface area contributed by atoms with Crippen molar-refractivity contribution in [1.82, 2.24) is 0 Å². The predicted molar refractivity (Wildman–Crippen MR) is 76.6 cm³/mol. The van der Waals surface area contributed by atoms with Gasteiger partial charge < -0.3 is 19.8 Å².